The quantitative estimate of drug-likeness (QED) is 0.526. The van der Waals surface area contributed by atoms with Crippen LogP contribution in [0.2, 0.25) is 5.02 Å². The predicted octanol–water partition coefficient (Wildman–Crippen LogP) is 5.04. The lowest BCUT2D eigenvalue weighted by atomic mass is 10.00. The lowest BCUT2D eigenvalue weighted by Crippen LogP contribution is -2.67. The number of anilines is 1. The number of nitrogens with zero attached hydrogens (tertiary/aromatic N) is 2. The Kier molecular flexibility index (Phi) is 7.97. The van der Waals surface area contributed by atoms with Gasteiger partial charge in [0.1, 0.15) is 0 Å². The summed E-state index contributed by atoms with van der Waals surface area (Å²) < 4.78 is 25.4. The Morgan fingerprint density at radius 2 is 1.89 bits per heavy atom. The molecule has 0 saturated carbocycles. The molecule has 4 rings (SSSR count). The van der Waals surface area contributed by atoms with Crippen LogP contribution in [0.3, 0.4) is 0 Å². The largest absolute Gasteiger partial charge is 0.488 e. The zero-order valence-electron chi connectivity index (χ0n) is 19.8. The van der Waals surface area contributed by atoms with Gasteiger partial charge in [-0.25, -0.2) is 18.9 Å². The third kappa shape index (κ3) is 6.35. The molecule has 188 valence electrons. The van der Waals surface area contributed by atoms with E-state index >= 15 is 0 Å². The van der Waals surface area contributed by atoms with E-state index in [2.05, 4.69) is 10.6 Å². The lowest BCUT2D eigenvalue weighted by Gasteiger charge is -2.42. The molecule has 0 aliphatic carbocycles. The summed E-state index contributed by atoms with van der Waals surface area (Å²) in [6.45, 7) is 5.40. The second kappa shape index (κ2) is 11.1. The molecular weight excluding hydrogens is 475 g/mol. The van der Waals surface area contributed by atoms with Crippen molar-refractivity contribution < 1.29 is 23.5 Å². The first kappa shape index (κ1) is 25.1. The van der Waals surface area contributed by atoms with Gasteiger partial charge in [-0.3, -0.25) is 10.2 Å². The number of hydrogen-bond acceptors (Lipinski definition) is 5. The Morgan fingerprint density at radius 3 is 2.54 bits per heavy atom. The van der Waals surface area contributed by atoms with E-state index in [0.717, 1.165) is 18.4 Å². The van der Waals surface area contributed by atoms with Crippen molar-refractivity contribution in [3.05, 3.63) is 58.9 Å². The van der Waals surface area contributed by atoms with E-state index in [0.29, 0.717) is 30.5 Å². The zero-order valence-corrected chi connectivity index (χ0v) is 20.6. The Balaban J connectivity index is 1.55. The van der Waals surface area contributed by atoms with E-state index in [1.165, 1.54) is 21.9 Å². The van der Waals surface area contributed by atoms with Gasteiger partial charge in [0, 0.05) is 36.5 Å². The number of ether oxygens (including phenoxy) is 2. The summed E-state index contributed by atoms with van der Waals surface area (Å²) in [5, 5.41) is 6.51. The normalized spacial score (nSPS) is 19.2. The van der Waals surface area contributed by atoms with Crippen LogP contribution in [0.15, 0.2) is 42.5 Å². The topological polar surface area (TPSA) is 83.1 Å². The van der Waals surface area contributed by atoms with Crippen molar-refractivity contribution in [1.29, 1.82) is 0 Å². The second-order valence-corrected chi connectivity index (χ2v) is 9.45. The van der Waals surface area contributed by atoms with Gasteiger partial charge in [0.05, 0.1) is 12.6 Å². The highest BCUT2D eigenvalue weighted by Gasteiger charge is 2.39. The Bertz CT molecular complexity index is 1050. The fraction of sp³-hybridized carbons (Fsp3) is 0.440. The van der Waals surface area contributed by atoms with Gasteiger partial charge in [0.25, 0.3) is 0 Å². The van der Waals surface area contributed by atoms with Crippen LogP contribution in [0.1, 0.15) is 32.3 Å². The number of imide groups is 1. The maximum atomic E-state index is 14.6. The molecule has 0 spiro atoms. The average Bonchev–Trinajstić information content (AvgIpc) is 2.82. The fourth-order valence-corrected chi connectivity index (χ4v) is 4.26. The van der Waals surface area contributed by atoms with E-state index in [4.69, 9.17) is 21.1 Å². The SMILES string of the molecule is CC(C)Oc1ccc(NC2NC(=O)N(CC3CCOCC3)C(=O)N2Cc2ccc(Cl)cc2)cc1F. The van der Waals surface area contributed by atoms with E-state index in [9.17, 15) is 14.0 Å². The van der Waals surface area contributed by atoms with Crippen LogP contribution < -0.4 is 15.4 Å². The minimum atomic E-state index is -0.882. The smallest absolute Gasteiger partial charge is 0.331 e. The molecule has 2 fully saturated rings. The molecule has 2 N–H and O–H groups in total. The number of urea groups is 2. The van der Waals surface area contributed by atoms with Gasteiger partial charge in [-0.15, -0.1) is 0 Å². The van der Waals surface area contributed by atoms with Crippen molar-refractivity contribution in [3.63, 3.8) is 0 Å². The van der Waals surface area contributed by atoms with Crippen LogP contribution in [0.5, 0.6) is 5.75 Å². The maximum Gasteiger partial charge on any atom is 0.331 e. The molecule has 35 heavy (non-hydrogen) atoms. The summed E-state index contributed by atoms with van der Waals surface area (Å²) >= 11 is 6.01. The predicted molar refractivity (Wildman–Crippen MR) is 131 cm³/mol. The van der Waals surface area contributed by atoms with Gasteiger partial charge in [-0.1, -0.05) is 23.7 Å². The Hall–Kier alpha value is -3.04. The van der Waals surface area contributed by atoms with E-state index in [-0.39, 0.29) is 24.3 Å². The molecule has 1 atom stereocenters. The summed E-state index contributed by atoms with van der Waals surface area (Å²) in [6.07, 6.45) is 0.531. The summed E-state index contributed by atoms with van der Waals surface area (Å²) in [4.78, 5) is 29.2. The molecular formula is C25H30ClFN4O4. The van der Waals surface area contributed by atoms with Crippen molar-refractivity contribution in [3.8, 4) is 5.75 Å². The van der Waals surface area contributed by atoms with Gasteiger partial charge < -0.3 is 14.8 Å². The molecule has 2 saturated heterocycles. The molecule has 4 amide bonds. The van der Waals surface area contributed by atoms with Crippen LogP contribution in [0.25, 0.3) is 0 Å². The summed E-state index contributed by atoms with van der Waals surface area (Å²) in [5.41, 5.74) is 1.24. The molecule has 2 aromatic rings. The molecule has 2 aliphatic rings. The van der Waals surface area contributed by atoms with Crippen molar-refractivity contribution in [1.82, 2.24) is 15.1 Å². The Labute approximate surface area is 209 Å². The van der Waals surface area contributed by atoms with Crippen molar-refractivity contribution >= 4 is 29.4 Å². The van der Waals surface area contributed by atoms with Crippen LogP contribution >= 0.6 is 11.6 Å². The first-order valence-corrected chi connectivity index (χ1v) is 12.1. The van der Waals surface area contributed by atoms with Crippen molar-refractivity contribution in [2.75, 3.05) is 25.1 Å². The van der Waals surface area contributed by atoms with Gasteiger partial charge in [-0.05, 0) is 62.4 Å². The first-order chi connectivity index (χ1) is 16.8. The molecule has 0 radical (unpaired) electrons. The van der Waals surface area contributed by atoms with Crippen molar-refractivity contribution in [2.45, 2.75) is 45.6 Å². The number of rotatable bonds is 8. The summed E-state index contributed by atoms with van der Waals surface area (Å²) in [6, 6.07) is 10.7. The third-order valence-electron chi connectivity index (χ3n) is 5.94. The molecule has 2 heterocycles. The first-order valence-electron chi connectivity index (χ1n) is 11.7. The number of benzene rings is 2. The highest BCUT2D eigenvalue weighted by molar-refractivity contribution is 6.30. The number of carbonyl (C=O) groups excluding carboxylic acids is 2. The number of hydrogen-bond donors (Lipinski definition) is 2. The number of halogens is 2. The highest BCUT2D eigenvalue weighted by atomic mass is 35.5. The standard InChI is InChI=1S/C25H30ClFN4O4/c1-16(2)35-22-8-7-20(13-21(22)27)28-23-29-24(32)31(15-18-9-11-34-12-10-18)25(33)30(23)14-17-3-5-19(26)6-4-17/h3-8,13,16,18,23,28H,9-12,14-15H2,1-2H3,(H,29,32). The molecule has 8 nitrogen and oxygen atoms in total. The van der Waals surface area contributed by atoms with E-state index in [1.807, 2.05) is 26.0 Å². The average molecular weight is 505 g/mol. The van der Waals surface area contributed by atoms with Gasteiger partial charge in [-0.2, -0.15) is 0 Å². The summed E-state index contributed by atoms with van der Waals surface area (Å²) in [5.74, 6) is -0.222. The minimum absolute atomic E-state index is 0.134. The zero-order chi connectivity index (χ0) is 24.9. The third-order valence-corrected chi connectivity index (χ3v) is 6.19. The maximum absolute atomic E-state index is 14.6. The highest BCUT2D eigenvalue weighted by Crippen LogP contribution is 2.25. The van der Waals surface area contributed by atoms with E-state index in [1.54, 1.807) is 18.2 Å². The molecule has 2 aromatic carbocycles. The van der Waals surface area contributed by atoms with Crippen LogP contribution in [0, 0.1) is 11.7 Å². The summed E-state index contributed by atoms with van der Waals surface area (Å²) in [7, 11) is 0. The second-order valence-electron chi connectivity index (χ2n) is 9.01. The van der Waals surface area contributed by atoms with Crippen LogP contribution in [-0.4, -0.2) is 54.0 Å². The van der Waals surface area contributed by atoms with Gasteiger partial charge in [0.2, 0.25) is 0 Å². The fourth-order valence-electron chi connectivity index (χ4n) is 4.13. The van der Waals surface area contributed by atoms with Gasteiger partial charge in [0.15, 0.2) is 17.9 Å². The minimum Gasteiger partial charge on any atom is -0.488 e. The molecule has 1 unspecified atom stereocenters. The Morgan fingerprint density at radius 1 is 1.17 bits per heavy atom. The van der Waals surface area contributed by atoms with Crippen LogP contribution in [0.4, 0.5) is 19.7 Å². The van der Waals surface area contributed by atoms with Crippen molar-refractivity contribution in [2.24, 2.45) is 5.92 Å². The monoisotopic (exact) mass is 504 g/mol. The number of nitrogens with one attached hydrogen (secondary N) is 2. The lowest BCUT2D eigenvalue weighted by molar-refractivity contribution is 0.0505. The molecule has 0 aromatic heterocycles. The number of amides is 4. The van der Waals surface area contributed by atoms with Crippen LogP contribution in [-0.2, 0) is 11.3 Å². The molecule has 0 bridgehead atoms. The van der Waals surface area contributed by atoms with Gasteiger partial charge >= 0.3 is 12.1 Å². The van der Waals surface area contributed by atoms with E-state index < -0.39 is 24.2 Å². The molecule has 2 aliphatic heterocycles. The number of carbonyl (C=O) groups is 2. The molecule has 10 heteroatoms.